The number of rotatable bonds is 6. The molecule has 0 aliphatic rings. The van der Waals surface area contributed by atoms with Crippen molar-refractivity contribution in [2.75, 3.05) is 7.11 Å². The minimum atomic E-state index is -0.796. The highest BCUT2D eigenvalue weighted by atomic mass is 31.1. The summed E-state index contributed by atoms with van der Waals surface area (Å²) in [6, 6.07) is 7.49. The molecule has 0 aliphatic heterocycles. The predicted molar refractivity (Wildman–Crippen MR) is 79.7 cm³/mol. The molecule has 1 aromatic rings. The normalized spacial score (nSPS) is 10.9. The van der Waals surface area contributed by atoms with Gasteiger partial charge in [-0.1, -0.05) is 39.8 Å². The molecule has 0 bridgehead atoms. The highest BCUT2D eigenvalue weighted by molar-refractivity contribution is 7.17. The average Bonchev–Trinajstić information content (AvgIpc) is 2.35. The first-order valence-corrected chi connectivity index (χ1v) is 7.25. The first-order valence-electron chi connectivity index (χ1n) is 6.43. The first-order chi connectivity index (χ1) is 9.01. The maximum atomic E-state index is 10.6. The average molecular weight is 281 g/mol. The van der Waals surface area contributed by atoms with Crippen LogP contribution in [-0.2, 0) is 9.30 Å². The standard InChI is InChI=1S/C15H22O3P/c1-10(2)14(11(3)4)15(17-5)12-7-6-8-13(9-12)18-19-16/h6-11,19H,1-5H3/q+1. The summed E-state index contributed by atoms with van der Waals surface area (Å²) in [5.41, 5.74) is 2.22. The van der Waals surface area contributed by atoms with E-state index in [4.69, 9.17) is 9.26 Å². The van der Waals surface area contributed by atoms with Crippen LogP contribution in [0.15, 0.2) is 29.8 Å². The molecule has 0 N–H and O–H groups in total. The van der Waals surface area contributed by atoms with E-state index in [1.807, 2.05) is 18.2 Å². The van der Waals surface area contributed by atoms with Crippen LogP contribution in [0.25, 0.3) is 5.76 Å². The molecule has 1 unspecified atom stereocenters. The summed E-state index contributed by atoms with van der Waals surface area (Å²) in [7, 11) is 0.888. The van der Waals surface area contributed by atoms with Crippen molar-refractivity contribution in [1.29, 1.82) is 0 Å². The van der Waals surface area contributed by atoms with Crippen molar-refractivity contribution < 1.29 is 13.8 Å². The number of allylic oxidation sites excluding steroid dienone is 1. The number of benzene rings is 1. The lowest BCUT2D eigenvalue weighted by Crippen LogP contribution is -2.07. The smallest absolute Gasteiger partial charge is 0.496 e. The van der Waals surface area contributed by atoms with Gasteiger partial charge in [-0.25, -0.2) is 0 Å². The molecule has 0 fully saturated rings. The van der Waals surface area contributed by atoms with E-state index in [0.717, 1.165) is 11.3 Å². The second kappa shape index (κ2) is 7.30. The molecule has 19 heavy (non-hydrogen) atoms. The molecule has 3 nitrogen and oxygen atoms in total. The van der Waals surface area contributed by atoms with Crippen molar-refractivity contribution in [3.05, 3.63) is 35.4 Å². The molecular weight excluding hydrogens is 259 g/mol. The zero-order valence-corrected chi connectivity index (χ0v) is 13.2. The minimum absolute atomic E-state index is 0.404. The monoisotopic (exact) mass is 281 g/mol. The first kappa shape index (κ1) is 15.7. The van der Waals surface area contributed by atoms with Crippen LogP contribution in [0.2, 0.25) is 0 Å². The van der Waals surface area contributed by atoms with Gasteiger partial charge in [0.05, 0.1) is 7.11 Å². The minimum Gasteiger partial charge on any atom is -0.496 e. The van der Waals surface area contributed by atoms with Gasteiger partial charge in [0.1, 0.15) is 5.76 Å². The maximum Gasteiger partial charge on any atom is 0.542 e. The highest BCUT2D eigenvalue weighted by Crippen LogP contribution is 2.31. The molecule has 0 radical (unpaired) electrons. The fraction of sp³-hybridized carbons (Fsp3) is 0.467. The molecule has 0 saturated carbocycles. The Labute approximate surface area is 116 Å². The van der Waals surface area contributed by atoms with Crippen LogP contribution in [0.3, 0.4) is 0 Å². The molecule has 0 heterocycles. The third kappa shape index (κ3) is 4.07. The van der Waals surface area contributed by atoms with Gasteiger partial charge in [-0.15, -0.1) is 0 Å². The summed E-state index contributed by atoms with van der Waals surface area (Å²) in [6.45, 7) is 8.64. The van der Waals surface area contributed by atoms with Crippen molar-refractivity contribution in [3.8, 4) is 5.75 Å². The molecule has 104 valence electrons. The molecule has 1 atom stereocenters. The summed E-state index contributed by atoms with van der Waals surface area (Å²) >= 11 is 0. The van der Waals surface area contributed by atoms with Crippen LogP contribution >= 0.6 is 8.69 Å². The van der Waals surface area contributed by atoms with Gasteiger partial charge in [-0.05, 0) is 34.1 Å². The van der Waals surface area contributed by atoms with Crippen LogP contribution in [0.1, 0.15) is 33.3 Å². The SMILES string of the molecule is COC(=C(C(C)C)C(C)C)c1cccc(O[PH+]=O)c1. The van der Waals surface area contributed by atoms with Crippen LogP contribution in [0.4, 0.5) is 0 Å². The summed E-state index contributed by atoms with van der Waals surface area (Å²) in [5.74, 6) is 2.28. The molecule has 4 heteroatoms. The van der Waals surface area contributed by atoms with E-state index in [1.165, 1.54) is 5.57 Å². The van der Waals surface area contributed by atoms with E-state index >= 15 is 0 Å². The van der Waals surface area contributed by atoms with Gasteiger partial charge in [-0.3, -0.25) is 4.52 Å². The molecule has 0 aliphatic carbocycles. The Morgan fingerprint density at radius 3 is 2.26 bits per heavy atom. The van der Waals surface area contributed by atoms with Crippen molar-refractivity contribution in [2.45, 2.75) is 27.7 Å². The molecule has 0 saturated heterocycles. The molecule has 0 amide bonds. The Morgan fingerprint density at radius 1 is 1.16 bits per heavy atom. The second-order valence-electron chi connectivity index (χ2n) is 5.01. The van der Waals surface area contributed by atoms with Gasteiger partial charge >= 0.3 is 8.69 Å². The van der Waals surface area contributed by atoms with E-state index < -0.39 is 8.69 Å². The summed E-state index contributed by atoms with van der Waals surface area (Å²) in [6.07, 6.45) is 0. The zero-order chi connectivity index (χ0) is 14.4. The van der Waals surface area contributed by atoms with Crippen molar-refractivity contribution in [3.63, 3.8) is 0 Å². The van der Waals surface area contributed by atoms with Gasteiger partial charge in [0.25, 0.3) is 0 Å². The Hall–Kier alpha value is -1.34. The fourth-order valence-corrected chi connectivity index (χ4v) is 2.57. The Bertz CT molecular complexity index is 454. The summed E-state index contributed by atoms with van der Waals surface area (Å²) in [4.78, 5) is 0. The number of methoxy groups -OCH3 is 1. The van der Waals surface area contributed by atoms with Crippen LogP contribution < -0.4 is 4.52 Å². The number of ether oxygens (including phenoxy) is 1. The molecule has 1 aromatic carbocycles. The number of hydrogen-bond acceptors (Lipinski definition) is 3. The van der Waals surface area contributed by atoms with Crippen molar-refractivity contribution in [1.82, 2.24) is 0 Å². The van der Waals surface area contributed by atoms with Crippen LogP contribution in [-0.4, -0.2) is 7.11 Å². The van der Waals surface area contributed by atoms with Crippen LogP contribution in [0.5, 0.6) is 5.75 Å². The van der Waals surface area contributed by atoms with E-state index in [0.29, 0.717) is 17.6 Å². The number of hydrogen-bond donors (Lipinski definition) is 0. The predicted octanol–water partition coefficient (Wildman–Crippen LogP) is 4.67. The zero-order valence-electron chi connectivity index (χ0n) is 12.2. The Balaban J connectivity index is 3.32. The van der Waals surface area contributed by atoms with Gasteiger partial charge < -0.3 is 4.74 Å². The van der Waals surface area contributed by atoms with Crippen molar-refractivity contribution in [2.24, 2.45) is 11.8 Å². The topological polar surface area (TPSA) is 35.5 Å². The largest absolute Gasteiger partial charge is 0.542 e. The Kier molecular flexibility index (Phi) is 6.04. The highest BCUT2D eigenvalue weighted by Gasteiger charge is 2.17. The molecule has 0 aromatic heterocycles. The lowest BCUT2D eigenvalue weighted by molar-refractivity contribution is 0.357. The van der Waals surface area contributed by atoms with Crippen LogP contribution in [0, 0.1) is 11.8 Å². The van der Waals surface area contributed by atoms with E-state index in [2.05, 4.69) is 27.7 Å². The second-order valence-corrected chi connectivity index (χ2v) is 5.38. The molecule has 0 spiro atoms. The quantitative estimate of drug-likeness (QED) is 0.561. The molecule has 1 rings (SSSR count). The molecular formula is C15H22O3P+. The lowest BCUT2D eigenvalue weighted by Gasteiger charge is -2.21. The summed E-state index contributed by atoms with van der Waals surface area (Å²) in [5, 5.41) is 0. The van der Waals surface area contributed by atoms with Gasteiger partial charge in [0.15, 0.2) is 5.75 Å². The van der Waals surface area contributed by atoms with E-state index in [9.17, 15) is 4.57 Å². The van der Waals surface area contributed by atoms with Gasteiger partial charge in [-0.2, -0.15) is 0 Å². The van der Waals surface area contributed by atoms with E-state index in [1.54, 1.807) is 13.2 Å². The third-order valence-corrected chi connectivity index (χ3v) is 3.29. The lowest BCUT2D eigenvalue weighted by atomic mass is 9.89. The fourth-order valence-electron chi connectivity index (χ4n) is 2.34. The third-order valence-electron chi connectivity index (χ3n) is 2.97. The summed E-state index contributed by atoms with van der Waals surface area (Å²) < 4.78 is 21.2. The van der Waals surface area contributed by atoms with Gasteiger partial charge in [0.2, 0.25) is 0 Å². The Morgan fingerprint density at radius 2 is 1.79 bits per heavy atom. The van der Waals surface area contributed by atoms with E-state index in [-0.39, 0.29) is 0 Å². The maximum absolute atomic E-state index is 10.6. The van der Waals surface area contributed by atoms with Crippen molar-refractivity contribution >= 4 is 14.4 Å². The van der Waals surface area contributed by atoms with Gasteiger partial charge in [0, 0.05) is 5.56 Å².